The maximum absolute atomic E-state index is 12.7. The molecule has 2 aromatic heterocycles. The molecule has 2 aromatic rings. The van der Waals surface area contributed by atoms with Gasteiger partial charge in [-0.3, -0.25) is 18.5 Å². The third kappa shape index (κ3) is 4.03. The molecule has 9 heteroatoms. The first-order valence-electron chi connectivity index (χ1n) is 7.28. The zero-order chi connectivity index (χ0) is 17.1. The highest BCUT2D eigenvalue weighted by atomic mass is 32.2. The van der Waals surface area contributed by atoms with Crippen molar-refractivity contribution in [2.45, 2.75) is 30.8 Å². The number of nitrogens with zero attached hydrogens (tertiary/aromatic N) is 4. The van der Waals surface area contributed by atoms with Crippen molar-refractivity contribution in [2.24, 2.45) is 0 Å². The Kier molecular flexibility index (Phi) is 6.01. The first-order chi connectivity index (χ1) is 10.8. The SMILES string of the molecule is COCCN(C)Cc1nc2sc(S(C)=O)nc2c(=O)n1C(C)C. The lowest BCUT2D eigenvalue weighted by molar-refractivity contribution is 0.156. The van der Waals surface area contributed by atoms with Crippen LogP contribution in [0.1, 0.15) is 25.7 Å². The van der Waals surface area contributed by atoms with Gasteiger partial charge in [0.25, 0.3) is 5.56 Å². The van der Waals surface area contributed by atoms with Crippen LogP contribution in [0.2, 0.25) is 0 Å². The number of aromatic nitrogens is 3. The minimum atomic E-state index is -1.22. The van der Waals surface area contributed by atoms with E-state index in [1.807, 2.05) is 20.9 Å². The topological polar surface area (TPSA) is 77.3 Å². The molecule has 2 heterocycles. The summed E-state index contributed by atoms with van der Waals surface area (Å²) in [6, 6.07) is -0.0255. The molecule has 0 saturated heterocycles. The minimum Gasteiger partial charge on any atom is -0.383 e. The molecule has 0 bridgehead atoms. The van der Waals surface area contributed by atoms with Gasteiger partial charge in [-0.25, -0.2) is 9.97 Å². The Morgan fingerprint density at radius 3 is 2.65 bits per heavy atom. The molecule has 0 aromatic carbocycles. The van der Waals surface area contributed by atoms with E-state index in [9.17, 15) is 9.00 Å². The summed E-state index contributed by atoms with van der Waals surface area (Å²) in [6.45, 7) is 5.78. The van der Waals surface area contributed by atoms with Crippen molar-refractivity contribution in [3.8, 4) is 0 Å². The highest BCUT2D eigenvalue weighted by molar-refractivity contribution is 7.86. The van der Waals surface area contributed by atoms with Gasteiger partial charge < -0.3 is 4.74 Å². The maximum Gasteiger partial charge on any atom is 0.281 e. The molecular formula is C14H22N4O3S2. The Hall–Kier alpha value is -1.16. The van der Waals surface area contributed by atoms with Crippen LogP contribution in [0.5, 0.6) is 0 Å². The van der Waals surface area contributed by atoms with E-state index in [1.54, 1.807) is 17.9 Å². The first kappa shape index (κ1) is 18.2. The summed E-state index contributed by atoms with van der Waals surface area (Å²) in [6.07, 6.45) is 1.55. The highest BCUT2D eigenvalue weighted by Gasteiger charge is 2.19. The van der Waals surface area contributed by atoms with E-state index in [-0.39, 0.29) is 11.6 Å². The molecule has 2 rings (SSSR count). The molecule has 0 amide bonds. The number of methoxy groups -OCH3 is 1. The van der Waals surface area contributed by atoms with Crippen LogP contribution in [0.25, 0.3) is 10.3 Å². The fourth-order valence-corrected chi connectivity index (χ4v) is 3.85. The number of hydrogen-bond acceptors (Lipinski definition) is 7. The van der Waals surface area contributed by atoms with E-state index in [4.69, 9.17) is 4.74 Å². The van der Waals surface area contributed by atoms with Crippen LogP contribution in [0.15, 0.2) is 9.13 Å². The molecule has 0 N–H and O–H groups in total. The monoisotopic (exact) mass is 358 g/mol. The average molecular weight is 358 g/mol. The van der Waals surface area contributed by atoms with Crippen molar-refractivity contribution < 1.29 is 8.95 Å². The minimum absolute atomic E-state index is 0.0255. The third-order valence-electron chi connectivity index (χ3n) is 3.37. The Morgan fingerprint density at radius 2 is 2.09 bits per heavy atom. The number of likely N-dealkylation sites (N-methyl/N-ethyl adjacent to an activating group) is 1. The van der Waals surface area contributed by atoms with E-state index < -0.39 is 10.8 Å². The smallest absolute Gasteiger partial charge is 0.281 e. The van der Waals surface area contributed by atoms with Gasteiger partial charge >= 0.3 is 0 Å². The van der Waals surface area contributed by atoms with Gasteiger partial charge in [0.2, 0.25) is 0 Å². The van der Waals surface area contributed by atoms with Crippen molar-refractivity contribution in [2.75, 3.05) is 33.6 Å². The molecule has 0 aliphatic heterocycles. The quantitative estimate of drug-likeness (QED) is 0.741. The highest BCUT2D eigenvalue weighted by Crippen LogP contribution is 2.21. The average Bonchev–Trinajstić information content (AvgIpc) is 2.89. The van der Waals surface area contributed by atoms with E-state index in [1.165, 1.54) is 11.3 Å². The predicted octanol–water partition coefficient (Wildman–Crippen LogP) is 1.25. The van der Waals surface area contributed by atoms with Gasteiger partial charge in [0.05, 0.1) is 24.0 Å². The fraction of sp³-hybridized carbons (Fsp3) is 0.643. The zero-order valence-electron chi connectivity index (χ0n) is 14.0. The molecule has 7 nitrogen and oxygen atoms in total. The van der Waals surface area contributed by atoms with E-state index in [0.717, 1.165) is 6.54 Å². The summed E-state index contributed by atoms with van der Waals surface area (Å²) < 4.78 is 18.8. The largest absolute Gasteiger partial charge is 0.383 e. The lowest BCUT2D eigenvalue weighted by Crippen LogP contribution is -2.31. The van der Waals surface area contributed by atoms with E-state index in [2.05, 4.69) is 14.9 Å². The molecular weight excluding hydrogens is 336 g/mol. The molecule has 0 fully saturated rings. The van der Waals surface area contributed by atoms with Crippen LogP contribution in [0, 0.1) is 0 Å². The molecule has 0 spiro atoms. The number of hydrogen-bond donors (Lipinski definition) is 0. The third-order valence-corrected chi connectivity index (χ3v) is 5.65. The van der Waals surface area contributed by atoms with Gasteiger partial charge in [-0.15, -0.1) is 0 Å². The summed E-state index contributed by atoms with van der Waals surface area (Å²) in [4.78, 5) is 24.2. The number of ether oxygens (including phenoxy) is 1. The molecule has 128 valence electrons. The van der Waals surface area contributed by atoms with Gasteiger partial charge in [-0.05, 0) is 20.9 Å². The molecule has 0 aliphatic rings. The number of rotatable bonds is 7. The van der Waals surface area contributed by atoms with Gasteiger partial charge in [0.1, 0.15) is 5.82 Å². The van der Waals surface area contributed by atoms with Crippen LogP contribution in [0.4, 0.5) is 0 Å². The Bertz CT molecular complexity index is 769. The molecule has 0 radical (unpaired) electrons. The summed E-state index contributed by atoms with van der Waals surface area (Å²) in [5.41, 5.74) is 0.130. The van der Waals surface area contributed by atoms with Crippen LogP contribution in [-0.2, 0) is 22.1 Å². The van der Waals surface area contributed by atoms with Crippen LogP contribution < -0.4 is 5.56 Å². The lowest BCUT2D eigenvalue weighted by atomic mass is 10.3. The zero-order valence-corrected chi connectivity index (χ0v) is 15.7. The summed E-state index contributed by atoms with van der Waals surface area (Å²) in [7, 11) is 2.40. The van der Waals surface area contributed by atoms with E-state index in [0.29, 0.717) is 33.7 Å². The number of thiazole rings is 1. The standard InChI is InChI=1S/C14H22N4O3S2/c1-9(2)18-10(8-17(3)6-7-21-4)15-12-11(13(18)19)16-14(22-12)23(5)20/h9H,6-8H2,1-5H3. The summed E-state index contributed by atoms with van der Waals surface area (Å²) in [5, 5.41) is 0. The lowest BCUT2D eigenvalue weighted by Gasteiger charge is -2.20. The Balaban J connectivity index is 2.51. The number of fused-ring (bicyclic) bond motifs is 1. The molecule has 1 unspecified atom stereocenters. The second kappa shape index (κ2) is 7.61. The maximum atomic E-state index is 12.7. The normalized spacial score (nSPS) is 13.3. The molecule has 1 atom stereocenters. The van der Waals surface area contributed by atoms with Crippen LogP contribution in [0.3, 0.4) is 0 Å². The van der Waals surface area contributed by atoms with Gasteiger partial charge in [0, 0.05) is 26.0 Å². The van der Waals surface area contributed by atoms with Crippen LogP contribution >= 0.6 is 11.3 Å². The summed E-state index contributed by atoms with van der Waals surface area (Å²) in [5.74, 6) is 0.688. The second-order valence-corrected chi connectivity index (χ2v) is 8.15. The first-order valence-corrected chi connectivity index (χ1v) is 9.65. The second-order valence-electron chi connectivity index (χ2n) is 5.62. The summed E-state index contributed by atoms with van der Waals surface area (Å²) >= 11 is 1.22. The molecule has 23 heavy (non-hydrogen) atoms. The van der Waals surface area contributed by atoms with Crippen molar-refractivity contribution in [1.29, 1.82) is 0 Å². The van der Waals surface area contributed by atoms with Crippen molar-refractivity contribution in [1.82, 2.24) is 19.4 Å². The van der Waals surface area contributed by atoms with Crippen LogP contribution in [-0.4, -0.2) is 57.2 Å². The fourth-order valence-electron chi connectivity index (χ4n) is 2.25. The van der Waals surface area contributed by atoms with Crippen molar-refractivity contribution in [3.63, 3.8) is 0 Å². The van der Waals surface area contributed by atoms with Crippen molar-refractivity contribution in [3.05, 3.63) is 16.2 Å². The Labute approximate surface area is 141 Å². The van der Waals surface area contributed by atoms with Crippen molar-refractivity contribution >= 4 is 32.5 Å². The molecule has 0 saturated carbocycles. The van der Waals surface area contributed by atoms with Gasteiger partial charge in [-0.1, -0.05) is 11.3 Å². The van der Waals surface area contributed by atoms with E-state index >= 15 is 0 Å². The van der Waals surface area contributed by atoms with Gasteiger partial charge in [0.15, 0.2) is 14.7 Å². The predicted molar refractivity (Wildman–Crippen MR) is 92.6 cm³/mol. The van der Waals surface area contributed by atoms with Gasteiger partial charge in [-0.2, -0.15) is 0 Å². The Morgan fingerprint density at radius 1 is 1.39 bits per heavy atom. The molecule has 0 aliphatic carbocycles.